The predicted octanol–water partition coefficient (Wildman–Crippen LogP) is 8.47. The van der Waals surface area contributed by atoms with Gasteiger partial charge in [-0.15, -0.1) is 0 Å². The minimum Gasteiger partial charge on any atom is -0.493 e. The summed E-state index contributed by atoms with van der Waals surface area (Å²) in [5, 5.41) is 5.84. The number of fused-ring (bicyclic) bond motifs is 1. The van der Waals surface area contributed by atoms with Crippen molar-refractivity contribution in [3.05, 3.63) is 78.5 Å². The second kappa shape index (κ2) is 23.7. The van der Waals surface area contributed by atoms with E-state index in [9.17, 15) is 18.4 Å². The number of pyridine rings is 1. The van der Waals surface area contributed by atoms with Gasteiger partial charge in [-0.2, -0.15) is 0 Å². The molecule has 3 aromatic carbocycles. The highest BCUT2D eigenvalue weighted by Crippen LogP contribution is 2.46. The van der Waals surface area contributed by atoms with Gasteiger partial charge in [0.15, 0.2) is 23.1 Å². The molecule has 3 N–H and O–H groups in total. The quantitative estimate of drug-likeness (QED) is 0.0505. The van der Waals surface area contributed by atoms with Crippen LogP contribution < -0.4 is 24.8 Å². The lowest BCUT2D eigenvalue weighted by atomic mass is 10.1. The number of methoxy groups -OCH3 is 1. The molecule has 1 aliphatic carbocycles. The number of hydrogen-bond donors (Lipinski definition) is 3. The van der Waals surface area contributed by atoms with Crippen molar-refractivity contribution in [2.45, 2.75) is 52.9 Å². The molecule has 13 nitrogen and oxygen atoms in total. The van der Waals surface area contributed by atoms with Crippen molar-refractivity contribution in [3.63, 3.8) is 0 Å². The van der Waals surface area contributed by atoms with Crippen LogP contribution in [0.25, 0.3) is 10.9 Å². The van der Waals surface area contributed by atoms with E-state index in [1.165, 1.54) is 36.4 Å². The zero-order valence-electron chi connectivity index (χ0n) is 32.9. The zero-order chi connectivity index (χ0) is 41.0. The summed E-state index contributed by atoms with van der Waals surface area (Å²) in [6.07, 6.45) is 6.56. The SMILES string of the molecule is CCCOP(O)OCCC.COc1cc2c(Oc3ccc(NC(=O)C4(C)CC4)cc3F)ccnc2cc1OCCCN1CCOCC1.O=CNc1ccc(F)cc1. The average molecular weight is 815 g/mol. The Bertz CT molecular complexity index is 1840. The fourth-order valence-corrected chi connectivity index (χ4v) is 6.00. The first-order valence-corrected chi connectivity index (χ1v) is 20.1. The monoisotopic (exact) mass is 814 g/mol. The second-order valence-corrected chi connectivity index (χ2v) is 14.4. The molecule has 0 unspecified atom stereocenters. The third-order valence-corrected chi connectivity index (χ3v) is 9.61. The van der Waals surface area contributed by atoms with Crippen LogP contribution in [-0.4, -0.2) is 86.9 Å². The maximum absolute atomic E-state index is 14.9. The number of hydrogen-bond acceptors (Lipinski definition) is 11. The van der Waals surface area contributed by atoms with Crippen LogP contribution in [0.2, 0.25) is 0 Å². The van der Waals surface area contributed by atoms with Gasteiger partial charge in [-0.3, -0.25) is 19.5 Å². The van der Waals surface area contributed by atoms with Crippen LogP contribution in [0.15, 0.2) is 66.9 Å². The number of morpholine rings is 1. The first-order chi connectivity index (χ1) is 27.6. The van der Waals surface area contributed by atoms with Gasteiger partial charge in [-0.25, -0.2) is 8.78 Å². The number of carbonyl (C=O) groups excluding carboxylic acids is 2. The minimum absolute atomic E-state index is 0.0468. The number of amides is 2. The summed E-state index contributed by atoms with van der Waals surface area (Å²) in [5.41, 5.74) is 1.30. The highest BCUT2D eigenvalue weighted by atomic mass is 31.2. The molecule has 0 atom stereocenters. The van der Waals surface area contributed by atoms with Crippen LogP contribution in [0, 0.1) is 17.0 Å². The van der Waals surface area contributed by atoms with Crippen molar-refractivity contribution in [3.8, 4) is 23.0 Å². The molecule has 0 radical (unpaired) electrons. The van der Waals surface area contributed by atoms with Gasteiger partial charge >= 0.3 is 8.60 Å². The smallest absolute Gasteiger partial charge is 0.329 e. The number of halogens is 2. The predicted molar refractivity (Wildman–Crippen MR) is 216 cm³/mol. The van der Waals surface area contributed by atoms with E-state index in [-0.39, 0.29) is 22.9 Å². The van der Waals surface area contributed by atoms with E-state index < -0.39 is 14.4 Å². The van der Waals surface area contributed by atoms with E-state index >= 15 is 0 Å². The van der Waals surface area contributed by atoms with E-state index in [0.717, 1.165) is 65.0 Å². The van der Waals surface area contributed by atoms with Crippen molar-refractivity contribution in [1.82, 2.24) is 9.88 Å². The number of benzene rings is 3. The topological polar surface area (TPSA) is 150 Å². The van der Waals surface area contributed by atoms with E-state index in [0.29, 0.717) is 65.8 Å². The van der Waals surface area contributed by atoms with E-state index in [4.69, 9.17) is 32.9 Å². The Hall–Kier alpha value is -4.50. The molecule has 1 aliphatic heterocycles. The maximum Gasteiger partial charge on any atom is 0.329 e. The number of aromatic nitrogens is 1. The maximum atomic E-state index is 14.9. The third kappa shape index (κ3) is 15.1. The van der Waals surface area contributed by atoms with Gasteiger partial charge in [0, 0.05) is 60.1 Å². The van der Waals surface area contributed by atoms with Crippen molar-refractivity contribution >= 4 is 43.2 Å². The molecule has 310 valence electrons. The van der Waals surface area contributed by atoms with E-state index in [1.54, 1.807) is 31.5 Å². The van der Waals surface area contributed by atoms with Gasteiger partial charge in [0.05, 0.1) is 45.7 Å². The lowest BCUT2D eigenvalue weighted by molar-refractivity contribution is -0.120. The first-order valence-electron chi connectivity index (χ1n) is 19.0. The average Bonchev–Trinajstić information content (AvgIpc) is 3.98. The second-order valence-electron chi connectivity index (χ2n) is 13.4. The van der Waals surface area contributed by atoms with Crippen molar-refractivity contribution in [2.75, 3.05) is 70.4 Å². The van der Waals surface area contributed by atoms with E-state index in [1.807, 2.05) is 26.8 Å². The fraction of sp³-hybridized carbons (Fsp3) is 0.439. The number of nitrogens with zero attached hydrogens (tertiary/aromatic N) is 2. The van der Waals surface area contributed by atoms with Crippen LogP contribution in [0.4, 0.5) is 20.2 Å². The van der Waals surface area contributed by atoms with Gasteiger partial charge < -0.3 is 43.5 Å². The van der Waals surface area contributed by atoms with Gasteiger partial charge in [0.1, 0.15) is 11.6 Å². The summed E-state index contributed by atoms with van der Waals surface area (Å²) in [6.45, 7) is 12.0. The third-order valence-electron chi connectivity index (χ3n) is 8.81. The van der Waals surface area contributed by atoms with Crippen LogP contribution in [0.3, 0.4) is 0 Å². The van der Waals surface area contributed by atoms with Crippen molar-refractivity contribution in [2.24, 2.45) is 5.41 Å². The van der Waals surface area contributed by atoms with Gasteiger partial charge in [-0.1, -0.05) is 20.8 Å². The summed E-state index contributed by atoms with van der Waals surface area (Å²) < 4.78 is 59.8. The number of nitrogens with one attached hydrogen (secondary N) is 2. The van der Waals surface area contributed by atoms with Crippen molar-refractivity contribution < 1.29 is 51.3 Å². The number of rotatable bonds is 18. The van der Waals surface area contributed by atoms with Gasteiger partial charge in [-0.05, 0) is 80.6 Å². The molecule has 1 saturated carbocycles. The van der Waals surface area contributed by atoms with Crippen LogP contribution in [0.1, 0.15) is 52.9 Å². The Labute approximate surface area is 333 Å². The Morgan fingerprint density at radius 2 is 1.61 bits per heavy atom. The molecule has 57 heavy (non-hydrogen) atoms. The van der Waals surface area contributed by atoms with Crippen LogP contribution in [-0.2, 0) is 23.4 Å². The summed E-state index contributed by atoms with van der Waals surface area (Å²) in [5.74, 6) is 0.647. The van der Waals surface area contributed by atoms with Crippen molar-refractivity contribution in [1.29, 1.82) is 0 Å². The molecule has 16 heteroatoms. The summed E-state index contributed by atoms with van der Waals surface area (Å²) >= 11 is 0. The Balaban J connectivity index is 0.000000295. The molecule has 2 amide bonds. The molecule has 4 aromatic rings. The molecule has 2 fully saturated rings. The number of carbonyl (C=O) groups is 2. The van der Waals surface area contributed by atoms with E-state index in [2.05, 4.69) is 20.5 Å². The molecular formula is C41H53F2N4O9P. The molecule has 0 bridgehead atoms. The molecule has 1 saturated heterocycles. The molecule has 6 rings (SSSR count). The Kier molecular flexibility index (Phi) is 18.8. The molecule has 0 spiro atoms. The summed E-state index contributed by atoms with van der Waals surface area (Å²) in [4.78, 5) is 37.9. The van der Waals surface area contributed by atoms with Crippen LogP contribution in [0.5, 0.6) is 23.0 Å². The highest BCUT2D eigenvalue weighted by molar-refractivity contribution is 7.40. The standard InChI is InChI=1S/C28H32FN3O5.C7H6FNO.C6H15O3P/c1-28(7-8-28)27(33)31-19-4-5-24(21(29)16-19)37-23-6-9-30-22-18-26(25(34-2)17-20(22)23)36-13-3-10-32-11-14-35-15-12-32;8-6-1-3-7(4-2-6)9-5-10;1-3-5-8-10(7)9-6-4-2/h4-6,9,16-18H,3,7-8,10-15H2,1-2H3,(H,31,33);1-5H,(H,9,10);7H,3-6H2,1-2H3. The molecule has 2 aliphatic rings. The lowest BCUT2D eigenvalue weighted by Gasteiger charge is -2.26. The molecular weight excluding hydrogens is 761 g/mol. The fourth-order valence-electron chi connectivity index (χ4n) is 5.25. The normalized spacial score (nSPS) is 14.4. The zero-order valence-corrected chi connectivity index (χ0v) is 33.8. The number of anilines is 2. The molecule has 1 aromatic heterocycles. The first kappa shape index (κ1) is 45.2. The number of ether oxygens (including phenoxy) is 4. The Morgan fingerprint density at radius 1 is 0.930 bits per heavy atom. The highest BCUT2D eigenvalue weighted by Gasteiger charge is 2.44. The lowest BCUT2D eigenvalue weighted by Crippen LogP contribution is -2.37. The largest absolute Gasteiger partial charge is 0.493 e. The molecule has 2 heterocycles. The Morgan fingerprint density at radius 3 is 2.23 bits per heavy atom. The van der Waals surface area contributed by atoms with Gasteiger partial charge in [0.25, 0.3) is 0 Å². The summed E-state index contributed by atoms with van der Waals surface area (Å²) in [7, 11) is -0.0155. The van der Waals surface area contributed by atoms with Crippen LogP contribution >= 0.6 is 8.60 Å². The minimum atomic E-state index is -1.59. The summed E-state index contributed by atoms with van der Waals surface area (Å²) in [6, 6.07) is 15.2. The van der Waals surface area contributed by atoms with Gasteiger partial charge in [0.2, 0.25) is 12.3 Å².